The molecule has 0 radical (unpaired) electrons. The molecule has 0 N–H and O–H groups in total. The molecule has 0 aliphatic carbocycles. The molecule has 1 fully saturated rings. The lowest BCUT2D eigenvalue weighted by Crippen LogP contribution is -2.60. The van der Waals surface area contributed by atoms with Crippen molar-refractivity contribution in [3.63, 3.8) is 0 Å². The monoisotopic (exact) mass is 201 g/mol. The van der Waals surface area contributed by atoms with E-state index in [1.807, 2.05) is 0 Å². The molecule has 0 unspecified atom stereocenters. The standard InChI is InChI=1S/C9H23NSi2/c1-8(2)6-5-7-9(3,4)10(8)12-11/h5-7,12H2,1-4,11H3. The molecular weight excluding hydrogens is 178 g/mol. The summed E-state index contributed by atoms with van der Waals surface area (Å²) >= 11 is 0. The maximum atomic E-state index is 2.84. The summed E-state index contributed by atoms with van der Waals surface area (Å²) in [7, 11) is 1.57. The molecular formula is C9H23NSi2. The Kier molecular flexibility index (Phi) is 2.86. The van der Waals surface area contributed by atoms with Gasteiger partial charge in [0.2, 0.25) is 0 Å². The van der Waals surface area contributed by atoms with E-state index in [4.69, 9.17) is 0 Å². The number of nitrogens with zero attached hydrogens (tertiary/aromatic N) is 1. The van der Waals surface area contributed by atoms with Crippen molar-refractivity contribution in [2.45, 2.75) is 58.0 Å². The Morgan fingerprint density at radius 1 is 1.08 bits per heavy atom. The molecule has 1 rings (SSSR count). The second-order valence-electron chi connectivity index (χ2n) is 5.22. The minimum Gasteiger partial charge on any atom is -0.323 e. The Balaban J connectivity index is 2.81. The van der Waals surface area contributed by atoms with Crippen LogP contribution in [0, 0.1) is 0 Å². The van der Waals surface area contributed by atoms with E-state index in [0.717, 1.165) is 0 Å². The van der Waals surface area contributed by atoms with Crippen LogP contribution >= 0.6 is 0 Å². The first kappa shape index (κ1) is 10.5. The lowest BCUT2D eigenvalue weighted by Gasteiger charge is -2.53. The Bertz CT molecular complexity index is 150. The molecule has 1 nitrogen and oxygen atoms in total. The van der Waals surface area contributed by atoms with Gasteiger partial charge in [0.05, 0.1) is 9.20 Å². The average Bonchev–Trinajstić information content (AvgIpc) is 1.83. The largest absolute Gasteiger partial charge is 0.323 e. The Hall–Kier alpha value is 0.394. The predicted octanol–water partition coefficient (Wildman–Crippen LogP) is 0.394. The number of hydrogen-bond donors (Lipinski definition) is 0. The zero-order chi connectivity index (χ0) is 9.41. The smallest absolute Gasteiger partial charge is 0.0769 e. The van der Waals surface area contributed by atoms with E-state index in [0.29, 0.717) is 11.1 Å². The van der Waals surface area contributed by atoms with Gasteiger partial charge in [0.15, 0.2) is 0 Å². The first-order valence-corrected chi connectivity index (χ1v) is 11.5. The van der Waals surface area contributed by atoms with Crippen molar-refractivity contribution in [2.24, 2.45) is 0 Å². The van der Waals surface area contributed by atoms with Crippen molar-refractivity contribution >= 4 is 19.0 Å². The topological polar surface area (TPSA) is 3.24 Å². The van der Waals surface area contributed by atoms with Gasteiger partial charge >= 0.3 is 0 Å². The summed E-state index contributed by atoms with van der Waals surface area (Å²) in [5.41, 5.74) is 1.02. The first-order chi connectivity index (χ1) is 5.40. The summed E-state index contributed by atoms with van der Waals surface area (Å²) in [6.45, 7) is 9.72. The summed E-state index contributed by atoms with van der Waals surface area (Å²) in [6.07, 6.45) is 4.24. The van der Waals surface area contributed by atoms with Gasteiger partial charge in [0.1, 0.15) is 0 Å². The highest BCUT2D eigenvalue weighted by molar-refractivity contribution is 6.87. The third-order valence-corrected chi connectivity index (χ3v) is 7.60. The van der Waals surface area contributed by atoms with Crippen molar-refractivity contribution in [1.29, 1.82) is 0 Å². The van der Waals surface area contributed by atoms with Crippen molar-refractivity contribution in [3.05, 3.63) is 0 Å². The van der Waals surface area contributed by atoms with E-state index < -0.39 is 0 Å². The number of piperidine rings is 1. The summed E-state index contributed by atoms with van der Waals surface area (Å²) in [5, 5.41) is 0. The van der Waals surface area contributed by atoms with Crippen LogP contribution in [0.1, 0.15) is 47.0 Å². The molecule has 1 heterocycles. The maximum Gasteiger partial charge on any atom is 0.0769 e. The van der Waals surface area contributed by atoms with Gasteiger partial charge < -0.3 is 4.57 Å². The zero-order valence-electron chi connectivity index (χ0n) is 9.28. The molecule has 0 amide bonds. The highest BCUT2D eigenvalue weighted by Crippen LogP contribution is 2.36. The lowest BCUT2D eigenvalue weighted by atomic mass is 9.83. The second kappa shape index (κ2) is 3.27. The minimum absolute atomic E-state index is 0.132. The van der Waals surface area contributed by atoms with E-state index in [1.54, 1.807) is 0 Å². The molecule has 0 atom stereocenters. The molecule has 1 aliphatic heterocycles. The van der Waals surface area contributed by atoms with Crippen molar-refractivity contribution in [2.75, 3.05) is 0 Å². The molecule has 72 valence electrons. The van der Waals surface area contributed by atoms with Crippen LogP contribution in [0.15, 0.2) is 0 Å². The number of rotatable bonds is 1. The van der Waals surface area contributed by atoms with Crippen LogP contribution in [0.4, 0.5) is 0 Å². The molecule has 1 aliphatic rings. The van der Waals surface area contributed by atoms with Gasteiger partial charge in [-0.2, -0.15) is 0 Å². The summed E-state index contributed by atoms with van der Waals surface area (Å²) in [4.78, 5) is 0. The van der Waals surface area contributed by atoms with Gasteiger partial charge in [-0.25, -0.2) is 0 Å². The van der Waals surface area contributed by atoms with Crippen LogP contribution in [-0.2, 0) is 0 Å². The summed E-state index contributed by atoms with van der Waals surface area (Å²) in [5.74, 6) is 0. The van der Waals surface area contributed by atoms with Gasteiger partial charge in [-0.3, -0.25) is 0 Å². The average molecular weight is 201 g/mol. The molecule has 0 bridgehead atoms. The molecule has 0 aromatic carbocycles. The van der Waals surface area contributed by atoms with Crippen molar-refractivity contribution in [1.82, 2.24) is 4.57 Å². The third kappa shape index (κ3) is 1.83. The molecule has 1 saturated heterocycles. The normalized spacial score (nSPS) is 30.0. The molecule has 12 heavy (non-hydrogen) atoms. The van der Waals surface area contributed by atoms with E-state index in [9.17, 15) is 0 Å². The van der Waals surface area contributed by atoms with E-state index in [1.165, 1.54) is 29.0 Å². The lowest BCUT2D eigenvalue weighted by molar-refractivity contribution is 0.0561. The van der Waals surface area contributed by atoms with Crippen molar-refractivity contribution < 1.29 is 0 Å². The Morgan fingerprint density at radius 3 is 1.75 bits per heavy atom. The van der Waals surface area contributed by atoms with Gasteiger partial charge in [0, 0.05) is 20.8 Å². The number of hydrogen-bond acceptors (Lipinski definition) is 1. The van der Waals surface area contributed by atoms with Gasteiger partial charge in [-0.15, -0.1) is 0 Å². The summed E-state index contributed by atoms with van der Waals surface area (Å²) in [6, 6.07) is 0. The maximum absolute atomic E-state index is 2.84. The van der Waals surface area contributed by atoms with Crippen LogP contribution in [0.25, 0.3) is 0 Å². The predicted molar refractivity (Wildman–Crippen MR) is 62.3 cm³/mol. The van der Waals surface area contributed by atoms with Crippen LogP contribution in [-0.4, -0.2) is 34.6 Å². The van der Waals surface area contributed by atoms with E-state index in [-0.39, 0.29) is 9.20 Å². The van der Waals surface area contributed by atoms with E-state index in [2.05, 4.69) is 32.3 Å². The second-order valence-corrected chi connectivity index (χ2v) is 8.38. The zero-order valence-corrected chi connectivity index (χ0v) is 12.7. The minimum atomic E-state index is 0.132. The highest BCUT2D eigenvalue weighted by Gasteiger charge is 2.39. The quantitative estimate of drug-likeness (QED) is 0.555. The molecule has 0 saturated carbocycles. The molecule has 0 aromatic rings. The molecule has 3 heteroatoms. The van der Waals surface area contributed by atoms with Gasteiger partial charge in [0.25, 0.3) is 0 Å². The fourth-order valence-electron chi connectivity index (χ4n) is 2.90. The molecule has 0 spiro atoms. The van der Waals surface area contributed by atoms with Crippen molar-refractivity contribution in [3.8, 4) is 0 Å². The SMILES string of the molecule is CC1(C)CCCC(C)(C)N1[SiH2][SiH3]. The van der Waals surface area contributed by atoms with Crippen LogP contribution in [0.5, 0.6) is 0 Å². The Labute approximate surface area is 82.0 Å². The van der Waals surface area contributed by atoms with Crippen LogP contribution < -0.4 is 0 Å². The summed E-state index contributed by atoms with van der Waals surface area (Å²) < 4.78 is 2.84. The van der Waals surface area contributed by atoms with E-state index >= 15 is 0 Å². The highest BCUT2D eigenvalue weighted by atomic mass is 29.1. The third-order valence-electron chi connectivity index (χ3n) is 3.35. The fourth-order valence-corrected chi connectivity index (χ4v) is 10.1. The molecule has 0 aromatic heterocycles. The Morgan fingerprint density at radius 2 is 1.50 bits per heavy atom. The van der Waals surface area contributed by atoms with Gasteiger partial charge in [-0.1, -0.05) is 0 Å². The first-order valence-electron chi connectivity index (χ1n) is 5.18. The fraction of sp³-hybridized carbons (Fsp3) is 1.00. The van der Waals surface area contributed by atoms with Crippen LogP contribution in [0.2, 0.25) is 0 Å². The van der Waals surface area contributed by atoms with Gasteiger partial charge in [-0.05, 0) is 47.0 Å². The van der Waals surface area contributed by atoms with Crippen LogP contribution in [0.3, 0.4) is 0 Å².